The first-order chi connectivity index (χ1) is 19.7. The number of nitrogens with one attached hydrogen (secondary N) is 1. The van der Waals surface area contributed by atoms with Crippen LogP contribution in [0.1, 0.15) is 42.3 Å². The molecule has 0 saturated carbocycles. The maximum atomic E-state index is 14.1. The fourth-order valence-corrected chi connectivity index (χ4v) is 6.14. The summed E-state index contributed by atoms with van der Waals surface area (Å²) in [6.07, 6.45) is 3.04. The molecule has 2 aromatic carbocycles. The van der Waals surface area contributed by atoms with Gasteiger partial charge in [0.1, 0.15) is 28.2 Å². The van der Waals surface area contributed by atoms with Gasteiger partial charge in [0.2, 0.25) is 5.88 Å². The molecule has 9 nitrogen and oxygen atoms in total. The summed E-state index contributed by atoms with van der Waals surface area (Å²) in [5, 5.41) is 5.93. The van der Waals surface area contributed by atoms with Crippen LogP contribution in [0, 0.1) is 10.6 Å². The average Bonchev–Trinajstić information content (AvgIpc) is 3.26. The summed E-state index contributed by atoms with van der Waals surface area (Å²) in [5.41, 5.74) is 3.02. The fourth-order valence-electron chi connectivity index (χ4n) is 5.42. The molecule has 2 atom stereocenters. The van der Waals surface area contributed by atoms with Crippen LogP contribution in [-0.4, -0.2) is 49.4 Å². The molecule has 0 bridgehead atoms. The molecule has 2 fully saturated rings. The predicted octanol–water partition coefficient (Wildman–Crippen LogP) is 5.25. The number of piperidine rings is 1. The molecule has 41 heavy (non-hydrogen) atoms. The lowest BCUT2D eigenvalue weighted by Gasteiger charge is -2.32. The third-order valence-corrected chi connectivity index (χ3v) is 9.02. The normalized spacial score (nSPS) is 19.6. The molecule has 0 spiro atoms. The number of rotatable bonds is 9. The van der Waals surface area contributed by atoms with Gasteiger partial charge in [-0.1, -0.05) is 23.7 Å². The summed E-state index contributed by atoms with van der Waals surface area (Å²) in [6.45, 7) is 3.99. The van der Waals surface area contributed by atoms with E-state index in [1.807, 2.05) is 18.2 Å². The van der Waals surface area contributed by atoms with Gasteiger partial charge in [-0.25, -0.2) is 28.5 Å². The molecule has 4 heterocycles. The van der Waals surface area contributed by atoms with Crippen molar-refractivity contribution < 1.29 is 18.1 Å². The number of aromatic nitrogens is 3. The number of pyridine rings is 1. The number of nitrogens with two attached hydrogens (primary N) is 1. The quantitative estimate of drug-likeness (QED) is 0.272. The summed E-state index contributed by atoms with van der Waals surface area (Å²) in [7, 11) is -3.32. The molecule has 3 N–H and O–H groups in total. The summed E-state index contributed by atoms with van der Waals surface area (Å²) in [4.78, 5) is 12.3. The average molecular weight is 599 g/mol. The summed E-state index contributed by atoms with van der Waals surface area (Å²) in [6, 6.07) is 15.5. The van der Waals surface area contributed by atoms with Crippen molar-refractivity contribution in [1.29, 1.82) is 4.78 Å². The van der Waals surface area contributed by atoms with E-state index in [1.54, 1.807) is 30.3 Å². The Hall–Kier alpha value is -3.09. The number of hydrogen-bond acceptors (Lipinski definition) is 7. The lowest BCUT2D eigenvalue weighted by Crippen LogP contribution is -2.35. The minimum Gasteiger partial charge on any atom is -0.473 e. The van der Waals surface area contributed by atoms with Gasteiger partial charge < -0.3 is 14.0 Å². The minimum atomic E-state index is -3.32. The summed E-state index contributed by atoms with van der Waals surface area (Å²) < 4.78 is 47.7. The first-order valence-electron chi connectivity index (χ1n) is 13.7. The predicted molar refractivity (Wildman–Crippen MR) is 155 cm³/mol. The third kappa shape index (κ3) is 6.39. The third-order valence-electron chi connectivity index (χ3n) is 7.84. The van der Waals surface area contributed by atoms with E-state index in [9.17, 15) is 8.60 Å². The van der Waals surface area contributed by atoms with Crippen molar-refractivity contribution in [2.45, 2.75) is 55.9 Å². The highest BCUT2D eigenvalue weighted by molar-refractivity contribution is 7.90. The molecule has 0 aliphatic carbocycles. The van der Waals surface area contributed by atoms with Crippen LogP contribution in [0.4, 0.5) is 4.39 Å². The molecule has 0 amide bonds. The van der Waals surface area contributed by atoms with Crippen LogP contribution in [0.3, 0.4) is 0 Å². The topological polar surface area (TPSA) is 119 Å². The molecule has 12 heteroatoms. The van der Waals surface area contributed by atoms with E-state index in [4.69, 9.17) is 41.0 Å². The van der Waals surface area contributed by atoms with Crippen LogP contribution in [0.2, 0.25) is 5.02 Å². The van der Waals surface area contributed by atoms with Crippen LogP contribution < -0.4 is 9.88 Å². The van der Waals surface area contributed by atoms with Crippen molar-refractivity contribution in [2.75, 3.05) is 19.7 Å². The van der Waals surface area contributed by atoms with Crippen LogP contribution in [0.15, 0.2) is 59.5 Å². The molecule has 2 aliphatic rings. The number of benzene rings is 2. The van der Waals surface area contributed by atoms with E-state index in [2.05, 4.69) is 9.47 Å². The Morgan fingerprint density at radius 3 is 2.63 bits per heavy atom. The number of fused-ring (bicyclic) bond motifs is 1. The van der Waals surface area contributed by atoms with Gasteiger partial charge in [-0.3, -0.25) is 4.90 Å². The Morgan fingerprint density at radius 2 is 1.93 bits per heavy atom. The number of ether oxygens (including phenoxy) is 2. The van der Waals surface area contributed by atoms with E-state index in [0.29, 0.717) is 41.0 Å². The van der Waals surface area contributed by atoms with Gasteiger partial charge in [-0.15, -0.1) is 0 Å². The highest BCUT2D eigenvalue weighted by Crippen LogP contribution is 2.30. The lowest BCUT2D eigenvalue weighted by atomic mass is 9.93. The number of nitrogens with zero attached hydrogens (tertiary/aromatic N) is 4. The van der Waals surface area contributed by atoms with Crippen molar-refractivity contribution in [2.24, 2.45) is 5.14 Å². The molecule has 2 saturated heterocycles. The Kier molecular flexibility index (Phi) is 7.97. The Morgan fingerprint density at radius 1 is 1.12 bits per heavy atom. The first kappa shape index (κ1) is 28.0. The molecule has 216 valence electrons. The molecule has 1 unspecified atom stereocenters. The first-order valence-corrected chi connectivity index (χ1v) is 15.7. The van der Waals surface area contributed by atoms with E-state index >= 15 is 0 Å². The van der Waals surface area contributed by atoms with Gasteiger partial charge in [0.15, 0.2) is 0 Å². The highest BCUT2D eigenvalue weighted by Gasteiger charge is 2.26. The van der Waals surface area contributed by atoms with Crippen LogP contribution in [-0.2, 0) is 34.3 Å². The van der Waals surface area contributed by atoms with E-state index in [-0.39, 0.29) is 17.6 Å². The largest absolute Gasteiger partial charge is 0.473 e. The van der Waals surface area contributed by atoms with Crippen LogP contribution >= 0.6 is 11.6 Å². The maximum Gasteiger partial charge on any atom is 0.213 e. The monoisotopic (exact) mass is 598 g/mol. The number of hydrogen-bond donors (Lipinski definition) is 2. The minimum absolute atomic E-state index is 0.0798. The van der Waals surface area contributed by atoms with Crippen molar-refractivity contribution >= 4 is 32.5 Å². The molecule has 2 aliphatic heterocycles. The highest BCUT2D eigenvalue weighted by atomic mass is 35.5. The second kappa shape index (κ2) is 11.7. The van der Waals surface area contributed by atoms with Crippen molar-refractivity contribution in [3.8, 4) is 5.88 Å². The second-order valence-electron chi connectivity index (χ2n) is 10.6. The van der Waals surface area contributed by atoms with E-state index in [0.717, 1.165) is 56.0 Å². The SMILES string of the molecule is N=S(N)(=O)c1ccc2c(c1)nc(CN1CCC(c3cccc(OCc4ccc(Cl)cc4F)n3)CC1)n2C[C@@H]1CCO1. The second-order valence-corrected chi connectivity index (χ2v) is 12.8. The van der Waals surface area contributed by atoms with Crippen LogP contribution in [0.5, 0.6) is 5.88 Å². The molecule has 0 radical (unpaired) electrons. The number of likely N-dealkylation sites (tertiary alicyclic amines) is 1. The van der Waals surface area contributed by atoms with Gasteiger partial charge in [-0.05, 0) is 68.8 Å². The Labute approximate surface area is 243 Å². The molecular formula is C29H32ClFN6O3S. The smallest absolute Gasteiger partial charge is 0.213 e. The number of halogens is 2. The van der Waals surface area contributed by atoms with Crippen molar-refractivity contribution in [3.63, 3.8) is 0 Å². The number of imidazole rings is 1. The molecule has 2 aromatic heterocycles. The summed E-state index contributed by atoms with van der Waals surface area (Å²) in [5.74, 6) is 1.29. The van der Waals surface area contributed by atoms with Crippen molar-refractivity contribution in [3.05, 3.63) is 82.5 Å². The van der Waals surface area contributed by atoms with Crippen molar-refractivity contribution in [1.82, 2.24) is 19.4 Å². The van der Waals surface area contributed by atoms with Gasteiger partial charge in [0.05, 0.1) is 35.1 Å². The lowest BCUT2D eigenvalue weighted by molar-refractivity contribution is -0.0592. The van der Waals surface area contributed by atoms with Gasteiger partial charge in [-0.2, -0.15) is 0 Å². The van der Waals surface area contributed by atoms with Crippen LogP contribution in [0.25, 0.3) is 11.0 Å². The zero-order chi connectivity index (χ0) is 28.6. The molecule has 6 rings (SSSR count). The Bertz CT molecular complexity index is 1670. The zero-order valence-corrected chi connectivity index (χ0v) is 24.0. The molecular weight excluding hydrogens is 567 g/mol. The Balaban J connectivity index is 1.12. The maximum absolute atomic E-state index is 14.1. The molecule has 4 aromatic rings. The fraction of sp³-hybridized carbons (Fsp3) is 0.379. The van der Waals surface area contributed by atoms with Gasteiger partial charge in [0, 0.05) is 34.9 Å². The van der Waals surface area contributed by atoms with Gasteiger partial charge >= 0.3 is 0 Å². The van der Waals surface area contributed by atoms with E-state index in [1.165, 1.54) is 6.07 Å². The standard InChI is InChI=1S/C29H32ClFN6O3S/c30-21-5-4-20(24(31)14-21)18-40-29-3-1-2-25(35-29)19-8-11-36(12-9-19)17-28-34-26-15-23(41(32,33)38)6-7-27(26)37(28)16-22-10-13-39-22/h1-7,14-15,19,22H,8-13,16-18H2,(H3,32,33,38)/t22-/m0/s1. The zero-order valence-electron chi connectivity index (χ0n) is 22.5. The summed E-state index contributed by atoms with van der Waals surface area (Å²) >= 11 is 5.85. The van der Waals surface area contributed by atoms with E-state index < -0.39 is 15.7 Å². The van der Waals surface area contributed by atoms with Gasteiger partial charge in [0.25, 0.3) is 0 Å².